The van der Waals surface area contributed by atoms with Gasteiger partial charge in [0.25, 0.3) is 0 Å². The average molecular weight is 368 g/mol. The third-order valence-electron chi connectivity index (χ3n) is 2.16. The Hall–Kier alpha value is -0.200. The molecule has 1 aliphatic rings. The summed E-state index contributed by atoms with van der Waals surface area (Å²) in [4.78, 5) is 0. The zero-order valence-electron chi connectivity index (χ0n) is 8.19. The summed E-state index contributed by atoms with van der Waals surface area (Å²) in [6.45, 7) is 0. The molecule has 16 heavy (non-hydrogen) atoms. The Balaban J connectivity index is 2.10. The first-order valence-corrected chi connectivity index (χ1v) is 6.78. The Labute approximate surface area is 115 Å². The molecule has 1 aromatic carbocycles. The van der Waals surface area contributed by atoms with E-state index >= 15 is 0 Å². The Morgan fingerprint density at radius 1 is 1.38 bits per heavy atom. The molecule has 2 nitrogen and oxygen atoms in total. The van der Waals surface area contributed by atoms with Crippen LogP contribution >= 0.6 is 44.1 Å². The lowest BCUT2D eigenvalue weighted by atomic mass is 10.3. The first-order valence-electron chi connectivity index (χ1n) is 4.78. The van der Waals surface area contributed by atoms with Crippen molar-refractivity contribution in [3.8, 4) is 0 Å². The largest absolute Gasteiger partial charge is 0.360 e. The minimum atomic E-state index is -0.346. The van der Waals surface area contributed by atoms with Crippen LogP contribution in [0.5, 0.6) is 0 Å². The maximum atomic E-state index is 13.6. The smallest absolute Gasteiger partial charge is 0.171 e. The normalized spacial score (nSPS) is 14.7. The van der Waals surface area contributed by atoms with E-state index in [9.17, 15) is 4.39 Å². The molecule has 86 valence electrons. The molecule has 0 unspecified atom stereocenters. The van der Waals surface area contributed by atoms with E-state index in [4.69, 9.17) is 12.2 Å². The van der Waals surface area contributed by atoms with Gasteiger partial charge >= 0.3 is 0 Å². The van der Waals surface area contributed by atoms with Gasteiger partial charge in [0.1, 0.15) is 5.82 Å². The second kappa shape index (κ2) is 4.98. The predicted molar refractivity (Wildman–Crippen MR) is 74.2 cm³/mol. The molecule has 2 N–H and O–H groups in total. The van der Waals surface area contributed by atoms with Crippen molar-refractivity contribution in [2.75, 3.05) is 5.32 Å². The summed E-state index contributed by atoms with van der Waals surface area (Å²) < 4.78 is 14.9. The Kier molecular flexibility index (Phi) is 3.81. The number of nitrogens with one attached hydrogen (secondary N) is 2. The second-order valence-corrected chi connectivity index (χ2v) is 5.80. The summed E-state index contributed by atoms with van der Waals surface area (Å²) in [6.07, 6.45) is 2.26. The van der Waals surface area contributed by atoms with Gasteiger partial charge in [0.15, 0.2) is 5.11 Å². The number of thiocarbonyl (C=S) groups is 1. The van der Waals surface area contributed by atoms with Crippen molar-refractivity contribution in [2.45, 2.75) is 18.9 Å². The Bertz CT molecular complexity index is 412. The zero-order chi connectivity index (χ0) is 11.7. The number of hydrogen-bond donors (Lipinski definition) is 2. The molecule has 0 atom stereocenters. The number of hydrogen-bond acceptors (Lipinski definition) is 1. The molecule has 2 rings (SSSR count). The van der Waals surface area contributed by atoms with E-state index in [1.807, 2.05) is 0 Å². The van der Waals surface area contributed by atoms with Crippen LogP contribution in [-0.4, -0.2) is 11.2 Å². The van der Waals surface area contributed by atoms with Crippen molar-refractivity contribution in [3.05, 3.63) is 26.9 Å². The Morgan fingerprint density at radius 2 is 2.06 bits per heavy atom. The molecular weight excluding hydrogens is 359 g/mol. The maximum Gasteiger partial charge on any atom is 0.171 e. The van der Waals surface area contributed by atoms with Crippen molar-refractivity contribution in [3.63, 3.8) is 0 Å². The zero-order valence-corrected chi connectivity index (χ0v) is 12.2. The molecule has 6 heteroatoms. The van der Waals surface area contributed by atoms with Crippen LogP contribution in [0.2, 0.25) is 0 Å². The molecule has 0 saturated heterocycles. The summed E-state index contributed by atoms with van der Waals surface area (Å²) in [7, 11) is 0. The lowest BCUT2D eigenvalue weighted by Gasteiger charge is -2.12. The van der Waals surface area contributed by atoms with Crippen LogP contribution in [0.3, 0.4) is 0 Å². The fourth-order valence-corrected chi connectivity index (χ4v) is 2.77. The lowest BCUT2D eigenvalue weighted by Crippen LogP contribution is -2.30. The second-order valence-electron chi connectivity index (χ2n) is 3.62. The molecule has 0 amide bonds. The van der Waals surface area contributed by atoms with E-state index < -0.39 is 0 Å². The van der Waals surface area contributed by atoms with Crippen molar-refractivity contribution >= 4 is 54.9 Å². The topological polar surface area (TPSA) is 24.1 Å². The van der Waals surface area contributed by atoms with Crippen LogP contribution in [0, 0.1) is 5.82 Å². The van der Waals surface area contributed by atoms with Gasteiger partial charge in [-0.3, -0.25) is 0 Å². The molecule has 0 aliphatic heterocycles. The average Bonchev–Trinajstić information content (AvgIpc) is 2.95. The molecule has 1 aliphatic carbocycles. The number of anilines is 1. The molecular formula is C10H9Br2FN2S. The molecule has 0 radical (unpaired) electrons. The molecule has 1 saturated carbocycles. The predicted octanol–water partition coefficient (Wildman–Crippen LogP) is 3.80. The highest BCUT2D eigenvalue weighted by Crippen LogP contribution is 2.29. The molecule has 0 aromatic heterocycles. The summed E-state index contributed by atoms with van der Waals surface area (Å²) in [6, 6.07) is 3.62. The van der Waals surface area contributed by atoms with E-state index in [-0.39, 0.29) is 5.82 Å². The van der Waals surface area contributed by atoms with Crippen molar-refractivity contribution < 1.29 is 4.39 Å². The van der Waals surface area contributed by atoms with Gasteiger partial charge in [0, 0.05) is 15.0 Å². The minimum absolute atomic E-state index is 0.346. The van der Waals surface area contributed by atoms with Gasteiger partial charge < -0.3 is 10.6 Å². The number of benzene rings is 1. The van der Waals surface area contributed by atoms with Gasteiger partial charge in [-0.1, -0.05) is 15.9 Å². The van der Waals surface area contributed by atoms with Crippen LogP contribution in [0.4, 0.5) is 10.1 Å². The van der Waals surface area contributed by atoms with Gasteiger partial charge in [0.2, 0.25) is 0 Å². The SMILES string of the molecule is Fc1cc(Br)cc(Br)c1NC(=S)NC1CC1. The van der Waals surface area contributed by atoms with Gasteiger partial charge in [-0.2, -0.15) is 0 Å². The standard InChI is InChI=1S/C10H9Br2FN2S/c11-5-3-7(12)9(8(13)4-5)15-10(16)14-6-1-2-6/h3-4,6H,1-2H2,(H2,14,15,16). The van der Waals surface area contributed by atoms with E-state index in [0.717, 1.165) is 12.8 Å². The van der Waals surface area contributed by atoms with Crippen LogP contribution in [0.15, 0.2) is 21.1 Å². The first-order chi connectivity index (χ1) is 7.56. The highest BCUT2D eigenvalue weighted by molar-refractivity contribution is 9.11. The minimum Gasteiger partial charge on any atom is -0.360 e. The lowest BCUT2D eigenvalue weighted by molar-refractivity contribution is 0.630. The van der Waals surface area contributed by atoms with Crippen LogP contribution in [0.25, 0.3) is 0 Å². The summed E-state index contributed by atoms with van der Waals surface area (Å²) in [5.41, 5.74) is 0.362. The fraction of sp³-hybridized carbons (Fsp3) is 0.300. The van der Waals surface area contributed by atoms with Crippen LogP contribution in [0.1, 0.15) is 12.8 Å². The van der Waals surface area contributed by atoms with E-state index in [1.165, 1.54) is 6.07 Å². The maximum absolute atomic E-state index is 13.6. The van der Waals surface area contributed by atoms with Gasteiger partial charge in [0.05, 0.1) is 5.69 Å². The van der Waals surface area contributed by atoms with Crippen molar-refractivity contribution in [1.29, 1.82) is 0 Å². The first kappa shape index (κ1) is 12.3. The molecule has 0 spiro atoms. The summed E-state index contributed by atoms with van der Waals surface area (Å²) >= 11 is 11.6. The molecule has 1 fully saturated rings. The number of rotatable bonds is 2. The third-order valence-corrected chi connectivity index (χ3v) is 3.46. The number of halogens is 3. The van der Waals surface area contributed by atoms with Gasteiger partial charge in [-0.25, -0.2) is 4.39 Å². The monoisotopic (exact) mass is 366 g/mol. The molecule has 0 heterocycles. The third kappa shape index (κ3) is 3.15. The van der Waals surface area contributed by atoms with E-state index in [1.54, 1.807) is 6.07 Å². The molecule has 0 bridgehead atoms. The Morgan fingerprint density at radius 3 is 2.62 bits per heavy atom. The van der Waals surface area contributed by atoms with Crippen LogP contribution in [-0.2, 0) is 0 Å². The van der Waals surface area contributed by atoms with Crippen molar-refractivity contribution in [2.24, 2.45) is 0 Å². The van der Waals surface area contributed by atoms with Crippen molar-refractivity contribution in [1.82, 2.24) is 5.32 Å². The fourth-order valence-electron chi connectivity index (χ4n) is 1.22. The molecule has 1 aromatic rings. The quantitative estimate of drug-likeness (QED) is 0.777. The van der Waals surface area contributed by atoms with Crippen LogP contribution < -0.4 is 10.6 Å². The van der Waals surface area contributed by atoms with E-state index in [2.05, 4.69) is 42.5 Å². The highest BCUT2D eigenvalue weighted by atomic mass is 79.9. The highest BCUT2D eigenvalue weighted by Gasteiger charge is 2.22. The van der Waals surface area contributed by atoms with Gasteiger partial charge in [-0.05, 0) is 53.1 Å². The summed E-state index contributed by atoms with van der Waals surface area (Å²) in [5.74, 6) is -0.346. The summed E-state index contributed by atoms with van der Waals surface area (Å²) in [5, 5.41) is 6.41. The van der Waals surface area contributed by atoms with Gasteiger partial charge in [-0.15, -0.1) is 0 Å². The van der Waals surface area contributed by atoms with E-state index in [0.29, 0.717) is 25.8 Å².